The third-order valence-electron chi connectivity index (χ3n) is 3.60. The molecule has 0 saturated heterocycles. The van der Waals surface area contributed by atoms with Crippen molar-refractivity contribution in [3.05, 3.63) is 23.3 Å². The second-order valence-electron chi connectivity index (χ2n) is 5.44. The van der Waals surface area contributed by atoms with Gasteiger partial charge in [0.15, 0.2) is 5.78 Å². The molecule has 5 heteroatoms. The van der Waals surface area contributed by atoms with E-state index in [0.717, 1.165) is 37.0 Å². The lowest BCUT2D eigenvalue weighted by Gasteiger charge is -2.23. The highest BCUT2D eigenvalue weighted by atomic mass is 35.5. The molecule has 0 fully saturated rings. The smallest absolute Gasteiger partial charge is 0.158 e. The molecular weight excluding hydrogens is 318 g/mol. The number of ketones is 1. The van der Waals surface area contributed by atoms with Gasteiger partial charge in [-0.25, -0.2) is 0 Å². The molecule has 0 spiro atoms. The maximum atomic E-state index is 12.2. The van der Waals surface area contributed by atoms with Crippen molar-refractivity contribution in [2.24, 2.45) is 11.1 Å². The van der Waals surface area contributed by atoms with Crippen molar-refractivity contribution in [1.82, 2.24) is 0 Å². The Morgan fingerprint density at radius 2 is 2.41 bits per heavy atom. The van der Waals surface area contributed by atoms with Crippen LogP contribution in [0.5, 0.6) is 0 Å². The van der Waals surface area contributed by atoms with Crippen LogP contribution in [0.2, 0.25) is 0 Å². The second-order valence-corrected chi connectivity index (χ2v) is 7.41. The van der Waals surface area contributed by atoms with Crippen LogP contribution < -0.4 is 0 Å². The van der Waals surface area contributed by atoms with Gasteiger partial charge in [0.2, 0.25) is 0 Å². The number of rotatable bonds is 10. The van der Waals surface area contributed by atoms with E-state index < -0.39 is 0 Å². The van der Waals surface area contributed by atoms with Crippen LogP contribution in [0.15, 0.2) is 28.4 Å². The molecule has 0 amide bonds. The van der Waals surface area contributed by atoms with E-state index in [2.05, 4.69) is 25.1 Å². The molecule has 0 aliphatic heterocycles. The molecule has 0 heterocycles. The molecule has 124 valence electrons. The number of carbonyl (C=O) groups is 1. The number of allylic oxidation sites excluding steroid dienone is 2. The monoisotopic (exact) mass is 343 g/mol. The number of Topliss-reactive ketones (excluding diaryl/α,β-unsaturated/α-hetero) is 1. The van der Waals surface area contributed by atoms with Gasteiger partial charge in [0, 0.05) is 23.4 Å². The summed E-state index contributed by atoms with van der Waals surface area (Å²) in [6.45, 7) is 4.81. The molecule has 2 atom stereocenters. The number of nitrogens with zero attached hydrogens (tertiary/aromatic N) is 1. The predicted molar refractivity (Wildman–Crippen MR) is 96.7 cm³/mol. The Hall–Kier alpha value is -0.740. The molecule has 0 saturated carbocycles. The molecule has 0 radical (unpaired) electrons. The number of carbonyl (C=O) groups excluding carboxylic acids is 1. The van der Waals surface area contributed by atoms with Gasteiger partial charge >= 0.3 is 0 Å². The van der Waals surface area contributed by atoms with Crippen molar-refractivity contribution in [1.29, 1.82) is 0 Å². The molecule has 0 aromatic heterocycles. The summed E-state index contributed by atoms with van der Waals surface area (Å²) < 4.78 is 0. The predicted octanol–water partition coefficient (Wildman–Crippen LogP) is 4.96. The summed E-state index contributed by atoms with van der Waals surface area (Å²) in [5.74, 6) is 1.97. The third kappa shape index (κ3) is 8.04. The van der Waals surface area contributed by atoms with E-state index >= 15 is 0 Å². The van der Waals surface area contributed by atoms with E-state index in [0.29, 0.717) is 30.0 Å². The second kappa shape index (κ2) is 11.8. The van der Waals surface area contributed by atoms with Crippen LogP contribution in [0.25, 0.3) is 0 Å². The molecule has 0 N–H and O–H groups in total. The van der Waals surface area contributed by atoms with Crippen LogP contribution in [0, 0.1) is 5.92 Å². The molecule has 0 bridgehead atoms. The first-order valence-electron chi connectivity index (χ1n) is 7.90. The minimum Gasteiger partial charge on any atom is -0.392 e. The van der Waals surface area contributed by atoms with Gasteiger partial charge in [-0.05, 0) is 49.0 Å². The summed E-state index contributed by atoms with van der Waals surface area (Å²) in [5.41, 5.74) is 2.36. The molecule has 22 heavy (non-hydrogen) atoms. The van der Waals surface area contributed by atoms with E-state index in [-0.39, 0.29) is 0 Å². The lowest BCUT2D eigenvalue weighted by molar-refractivity contribution is -0.117. The molecule has 2 unspecified atom stereocenters. The van der Waals surface area contributed by atoms with Crippen LogP contribution in [-0.4, -0.2) is 29.6 Å². The largest absolute Gasteiger partial charge is 0.392 e. The van der Waals surface area contributed by atoms with Gasteiger partial charge in [0.1, 0.15) is 6.61 Å². The van der Waals surface area contributed by atoms with E-state index in [4.69, 9.17) is 16.4 Å². The van der Waals surface area contributed by atoms with Gasteiger partial charge in [-0.3, -0.25) is 4.79 Å². The number of hydrogen-bond acceptors (Lipinski definition) is 4. The SMILES string of the molecule is CCSC(C)CC1CC=C(CCC=NOCC=CCl)C(=O)C1. The number of hydrogen-bond donors (Lipinski definition) is 0. The minimum atomic E-state index is 0.310. The van der Waals surface area contributed by atoms with Crippen LogP contribution in [0.1, 0.15) is 46.0 Å². The van der Waals surface area contributed by atoms with Crippen LogP contribution >= 0.6 is 23.4 Å². The lowest BCUT2D eigenvalue weighted by atomic mass is 9.84. The zero-order valence-corrected chi connectivity index (χ0v) is 15.0. The van der Waals surface area contributed by atoms with Crippen molar-refractivity contribution in [3.63, 3.8) is 0 Å². The van der Waals surface area contributed by atoms with Crippen molar-refractivity contribution in [2.45, 2.75) is 51.2 Å². The van der Waals surface area contributed by atoms with Crippen molar-refractivity contribution in [3.8, 4) is 0 Å². The Balaban J connectivity index is 2.28. The highest BCUT2D eigenvalue weighted by molar-refractivity contribution is 7.99. The molecular formula is C17H26ClNO2S. The Labute approximate surface area is 143 Å². The molecule has 1 aliphatic rings. The summed E-state index contributed by atoms with van der Waals surface area (Å²) in [6, 6.07) is 0. The van der Waals surface area contributed by atoms with Crippen molar-refractivity contribution >= 4 is 35.4 Å². The molecule has 1 aliphatic carbocycles. The number of halogens is 1. The maximum Gasteiger partial charge on any atom is 0.158 e. The van der Waals surface area contributed by atoms with Gasteiger partial charge in [-0.15, -0.1) is 0 Å². The van der Waals surface area contributed by atoms with E-state index in [1.165, 1.54) is 5.54 Å². The van der Waals surface area contributed by atoms with Gasteiger partial charge in [0.25, 0.3) is 0 Å². The summed E-state index contributed by atoms with van der Waals surface area (Å²) in [4.78, 5) is 17.1. The Morgan fingerprint density at radius 3 is 3.09 bits per heavy atom. The Kier molecular flexibility index (Phi) is 10.3. The fourth-order valence-electron chi connectivity index (χ4n) is 2.59. The zero-order chi connectivity index (χ0) is 16.2. The van der Waals surface area contributed by atoms with Crippen LogP contribution in [0.3, 0.4) is 0 Å². The Morgan fingerprint density at radius 1 is 1.59 bits per heavy atom. The molecule has 0 aromatic rings. The quantitative estimate of drug-likeness (QED) is 0.320. The average Bonchev–Trinajstić information content (AvgIpc) is 2.48. The molecule has 3 nitrogen and oxygen atoms in total. The van der Waals surface area contributed by atoms with Crippen molar-refractivity contribution < 1.29 is 9.63 Å². The fourth-order valence-corrected chi connectivity index (χ4v) is 3.64. The summed E-state index contributed by atoms with van der Waals surface area (Å²) in [6.07, 6.45) is 9.87. The van der Waals surface area contributed by atoms with Crippen LogP contribution in [-0.2, 0) is 9.63 Å². The van der Waals surface area contributed by atoms with Gasteiger partial charge in [-0.2, -0.15) is 11.8 Å². The van der Waals surface area contributed by atoms with E-state index in [9.17, 15) is 4.79 Å². The topological polar surface area (TPSA) is 38.7 Å². The summed E-state index contributed by atoms with van der Waals surface area (Å²) >= 11 is 7.34. The first-order chi connectivity index (χ1) is 10.7. The fraction of sp³-hybridized carbons (Fsp3) is 0.647. The molecule has 0 aromatic carbocycles. The zero-order valence-electron chi connectivity index (χ0n) is 13.5. The number of thioether (sulfide) groups is 1. The van der Waals surface area contributed by atoms with E-state index in [1.807, 2.05) is 11.8 Å². The summed E-state index contributed by atoms with van der Waals surface area (Å²) in [7, 11) is 0. The Bertz CT molecular complexity index is 421. The first kappa shape index (κ1) is 19.3. The van der Waals surface area contributed by atoms with Gasteiger partial charge in [-0.1, -0.05) is 36.7 Å². The standard InChI is InChI=1S/C17H26ClNO2S/c1-3-22-14(2)12-15-7-8-16(17(20)13-15)6-4-10-19-21-11-5-9-18/h5,8-10,14-15H,3-4,6-7,11-13H2,1-2H3. The first-order valence-corrected chi connectivity index (χ1v) is 9.38. The van der Waals surface area contributed by atoms with Gasteiger partial charge < -0.3 is 4.84 Å². The van der Waals surface area contributed by atoms with Gasteiger partial charge in [0.05, 0.1) is 0 Å². The van der Waals surface area contributed by atoms with Crippen LogP contribution in [0.4, 0.5) is 0 Å². The highest BCUT2D eigenvalue weighted by Gasteiger charge is 2.22. The minimum absolute atomic E-state index is 0.310. The highest BCUT2D eigenvalue weighted by Crippen LogP contribution is 2.29. The van der Waals surface area contributed by atoms with Crippen molar-refractivity contribution in [2.75, 3.05) is 12.4 Å². The average molecular weight is 344 g/mol. The normalized spacial score (nSPS) is 20.6. The number of oxime groups is 1. The maximum absolute atomic E-state index is 12.2. The van der Waals surface area contributed by atoms with E-state index in [1.54, 1.807) is 12.3 Å². The third-order valence-corrected chi connectivity index (χ3v) is 4.87. The molecule has 1 rings (SSSR count). The summed E-state index contributed by atoms with van der Waals surface area (Å²) in [5, 5.41) is 4.46. The lowest BCUT2D eigenvalue weighted by Crippen LogP contribution is -2.18.